The van der Waals surface area contributed by atoms with E-state index in [-0.39, 0.29) is 5.91 Å². The molecule has 2 aromatic rings. The third kappa shape index (κ3) is 3.66. The van der Waals surface area contributed by atoms with Crippen LogP contribution in [0.2, 0.25) is 0 Å². The van der Waals surface area contributed by atoms with E-state index in [0.717, 1.165) is 40.5 Å². The van der Waals surface area contributed by atoms with Crippen LogP contribution >= 0.6 is 11.3 Å². The predicted molar refractivity (Wildman–Crippen MR) is 101 cm³/mol. The van der Waals surface area contributed by atoms with Gasteiger partial charge >= 0.3 is 0 Å². The second-order valence-corrected chi connectivity index (χ2v) is 7.70. The lowest BCUT2D eigenvalue weighted by atomic mass is 9.98. The van der Waals surface area contributed by atoms with E-state index < -0.39 is 0 Å². The number of amides is 1. The number of fused-ring (bicyclic) bond motifs is 1. The molecule has 25 heavy (non-hydrogen) atoms. The number of hydrogen-bond acceptors (Lipinski definition) is 4. The Morgan fingerprint density at radius 3 is 2.28 bits per heavy atom. The minimum atomic E-state index is 0.124. The fourth-order valence-corrected chi connectivity index (χ4v) is 4.20. The molecule has 4 nitrogen and oxygen atoms in total. The number of nitrogens with zero attached hydrogens (tertiary/aromatic N) is 1. The smallest absolute Gasteiger partial charge is 0.255 e. The molecule has 1 aliphatic rings. The molecule has 0 unspecified atom stereocenters. The van der Waals surface area contributed by atoms with E-state index >= 15 is 0 Å². The van der Waals surface area contributed by atoms with Crippen LogP contribution in [-0.2, 0) is 13.0 Å². The van der Waals surface area contributed by atoms with Crippen molar-refractivity contribution in [3.63, 3.8) is 0 Å². The number of thiophene rings is 1. The summed E-state index contributed by atoms with van der Waals surface area (Å²) < 4.78 is 11.4. The summed E-state index contributed by atoms with van der Waals surface area (Å²) >= 11 is 1.68. The zero-order chi connectivity index (χ0) is 18.0. The number of carbonyl (C=O) groups is 1. The number of rotatable bonds is 5. The van der Waals surface area contributed by atoms with Crippen molar-refractivity contribution in [2.45, 2.75) is 40.7 Å². The summed E-state index contributed by atoms with van der Waals surface area (Å²) in [4.78, 5) is 17.1. The highest BCUT2D eigenvalue weighted by Gasteiger charge is 2.25. The van der Waals surface area contributed by atoms with Gasteiger partial charge in [-0.3, -0.25) is 4.79 Å². The van der Waals surface area contributed by atoms with Crippen LogP contribution < -0.4 is 9.47 Å². The molecule has 0 spiro atoms. The summed E-state index contributed by atoms with van der Waals surface area (Å²) in [6, 6.07) is 6.11. The Morgan fingerprint density at radius 1 is 1.08 bits per heavy atom. The molecular formula is C20H25NO3S. The van der Waals surface area contributed by atoms with Crippen LogP contribution in [0.5, 0.6) is 11.5 Å². The molecule has 0 saturated carbocycles. The summed E-state index contributed by atoms with van der Waals surface area (Å²) in [5.74, 6) is 1.69. The molecule has 2 heterocycles. The maximum absolute atomic E-state index is 12.9. The molecule has 0 radical (unpaired) electrons. The molecule has 0 saturated heterocycles. The maximum Gasteiger partial charge on any atom is 0.255 e. The van der Waals surface area contributed by atoms with Crippen LogP contribution in [0.3, 0.4) is 0 Å². The molecule has 134 valence electrons. The van der Waals surface area contributed by atoms with Crippen LogP contribution in [0.1, 0.15) is 45.1 Å². The standard InChI is InChI=1S/C20H25NO3S/c1-5-23-18-10-15-7-8-21(12-16(15)11-19(18)24-6-2)20(22)17-9-13(3)25-14(17)4/h9-11H,5-8,12H2,1-4H3. The molecule has 1 aromatic heterocycles. The monoisotopic (exact) mass is 359 g/mol. The Hall–Kier alpha value is -2.01. The van der Waals surface area contributed by atoms with Crippen molar-refractivity contribution in [2.24, 2.45) is 0 Å². The van der Waals surface area contributed by atoms with Crippen molar-refractivity contribution in [3.8, 4) is 11.5 Å². The van der Waals surface area contributed by atoms with Gasteiger partial charge in [-0.2, -0.15) is 0 Å². The van der Waals surface area contributed by atoms with Crippen molar-refractivity contribution in [1.82, 2.24) is 4.90 Å². The summed E-state index contributed by atoms with van der Waals surface area (Å²) in [6.07, 6.45) is 0.843. The first kappa shape index (κ1) is 17.8. The van der Waals surface area contributed by atoms with Crippen molar-refractivity contribution in [1.29, 1.82) is 0 Å². The lowest BCUT2D eigenvalue weighted by molar-refractivity contribution is 0.0734. The van der Waals surface area contributed by atoms with Crippen LogP contribution in [0.4, 0.5) is 0 Å². The van der Waals surface area contributed by atoms with E-state index in [1.165, 1.54) is 10.4 Å². The minimum Gasteiger partial charge on any atom is -0.490 e. The number of hydrogen-bond donors (Lipinski definition) is 0. The highest BCUT2D eigenvalue weighted by atomic mass is 32.1. The highest BCUT2D eigenvalue weighted by Crippen LogP contribution is 2.34. The first-order chi connectivity index (χ1) is 12.0. The summed E-state index contributed by atoms with van der Waals surface area (Å²) in [6.45, 7) is 10.6. The molecule has 0 aliphatic carbocycles. The molecule has 0 N–H and O–H groups in total. The van der Waals surface area contributed by atoms with E-state index in [9.17, 15) is 4.79 Å². The lowest BCUT2D eigenvalue weighted by Gasteiger charge is -2.30. The second-order valence-electron chi connectivity index (χ2n) is 6.24. The zero-order valence-electron chi connectivity index (χ0n) is 15.3. The third-order valence-corrected chi connectivity index (χ3v) is 5.40. The van der Waals surface area contributed by atoms with Crippen molar-refractivity contribution in [3.05, 3.63) is 44.6 Å². The molecule has 0 bridgehead atoms. The highest BCUT2D eigenvalue weighted by molar-refractivity contribution is 7.12. The van der Waals surface area contributed by atoms with Gasteiger partial charge in [-0.1, -0.05) is 0 Å². The Balaban J connectivity index is 1.86. The summed E-state index contributed by atoms with van der Waals surface area (Å²) in [5.41, 5.74) is 3.23. The Bertz CT molecular complexity index is 781. The Kier molecular flexibility index (Phi) is 5.33. The molecule has 5 heteroatoms. The number of aryl methyl sites for hydroxylation is 2. The average Bonchev–Trinajstić information content (AvgIpc) is 2.93. The van der Waals surface area contributed by atoms with Crippen molar-refractivity contribution < 1.29 is 14.3 Å². The van der Waals surface area contributed by atoms with Gasteiger partial charge in [-0.15, -0.1) is 11.3 Å². The normalized spacial score (nSPS) is 13.5. The number of carbonyl (C=O) groups excluding carboxylic acids is 1. The van der Waals surface area contributed by atoms with Gasteiger partial charge in [0, 0.05) is 22.8 Å². The van der Waals surface area contributed by atoms with E-state index in [4.69, 9.17) is 9.47 Å². The van der Waals surface area contributed by atoms with Crippen LogP contribution in [0.25, 0.3) is 0 Å². The molecule has 1 aliphatic heterocycles. The van der Waals surface area contributed by atoms with Gasteiger partial charge in [-0.05, 0) is 63.4 Å². The Labute approximate surface area is 153 Å². The first-order valence-corrected chi connectivity index (χ1v) is 9.62. The second kappa shape index (κ2) is 7.48. The van der Waals surface area contributed by atoms with E-state index in [1.54, 1.807) is 11.3 Å². The largest absolute Gasteiger partial charge is 0.490 e. The molecular weight excluding hydrogens is 334 g/mol. The van der Waals surface area contributed by atoms with Gasteiger partial charge < -0.3 is 14.4 Å². The van der Waals surface area contributed by atoms with Gasteiger partial charge in [-0.25, -0.2) is 0 Å². The first-order valence-electron chi connectivity index (χ1n) is 8.81. The molecule has 1 amide bonds. The Morgan fingerprint density at radius 2 is 1.72 bits per heavy atom. The topological polar surface area (TPSA) is 38.8 Å². The van der Waals surface area contributed by atoms with Gasteiger partial charge in [0.1, 0.15) is 0 Å². The number of benzene rings is 1. The zero-order valence-corrected chi connectivity index (χ0v) is 16.2. The molecule has 0 fully saturated rings. The summed E-state index contributed by atoms with van der Waals surface area (Å²) in [5, 5.41) is 0. The summed E-state index contributed by atoms with van der Waals surface area (Å²) in [7, 11) is 0. The van der Waals surface area contributed by atoms with Gasteiger partial charge in [0.15, 0.2) is 11.5 Å². The van der Waals surface area contributed by atoms with Crippen LogP contribution in [0.15, 0.2) is 18.2 Å². The van der Waals surface area contributed by atoms with E-state index in [1.807, 2.05) is 44.7 Å². The third-order valence-electron chi connectivity index (χ3n) is 4.44. The number of ether oxygens (including phenoxy) is 2. The van der Waals surface area contributed by atoms with Crippen LogP contribution in [-0.4, -0.2) is 30.6 Å². The molecule has 3 rings (SSSR count). The van der Waals surface area contributed by atoms with E-state index in [2.05, 4.69) is 6.07 Å². The SMILES string of the molecule is CCOc1cc2c(cc1OCC)CN(C(=O)c1cc(C)sc1C)CC2. The molecule has 1 aromatic carbocycles. The van der Waals surface area contributed by atoms with Gasteiger partial charge in [0.05, 0.1) is 18.8 Å². The fraction of sp³-hybridized carbons (Fsp3) is 0.450. The lowest BCUT2D eigenvalue weighted by Crippen LogP contribution is -2.36. The predicted octanol–water partition coefficient (Wildman–Crippen LogP) is 4.36. The van der Waals surface area contributed by atoms with Crippen molar-refractivity contribution >= 4 is 17.2 Å². The van der Waals surface area contributed by atoms with Crippen molar-refractivity contribution in [2.75, 3.05) is 19.8 Å². The minimum absolute atomic E-state index is 0.124. The molecule has 0 atom stereocenters. The maximum atomic E-state index is 12.9. The van der Waals surface area contributed by atoms with Gasteiger partial charge in [0.25, 0.3) is 5.91 Å². The fourth-order valence-electron chi connectivity index (χ4n) is 3.29. The van der Waals surface area contributed by atoms with E-state index in [0.29, 0.717) is 19.8 Å². The quantitative estimate of drug-likeness (QED) is 0.796. The van der Waals surface area contributed by atoms with Crippen LogP contribution in [0, 0.1) is 13.8 Å². The van der Waals surface area contributed by atoms with Gasteiger partial charge in [0.2, 0.25) is 0 Å². The average molecular weight is 359 g/mol.